The Balaban J connectivity index is 2.28. The van der Waals surface area contributed by atoms with E-state index in [4.69, 9.17) is 10.2 Å². The van der Waals surface area contributed by atoms with Crippen LogP contribution >= 0.6 is 31.9 Å². The summed E-state index contributed by atoms with van der Waals surface area (Å²) < 4.78 is 7.28. The molecule has 3 nitrogen and oxygen atoms in total. The molecule has 1 heterocycles. The van der Waals surface area contributed by atoms with Crippen LogP contribution in [-0.4, -0.2) is 13.6 Å². The maximum atomic E-state index is 5.90. The second-order valence-electron chi connectivity index (χ2n) is 4.47. The highest BCUT2D eigenvalue weighted by Crippen LogP contribution is 2.33. The summed E-state index contributed by atoms with van der Waals surface area (Å²) in [7, 11) is 2.02. The summed E-state index contributed by atoms with van der Waals surface area (Å²) in [6.45, 7) is 2.56. The fourth-order valence-corrected chi connectivity index (χ4v) is 2.56. The number of aryl methyl sites for hydroxylation is 1. The van der Waals surface area contributed by atoms with Crippen molar-refractivity contribution in [2.75, 3.05) is 18.5 Å². The lowest BCUT2D eigenvalue weighted by Gasteiger charge is -2.27. The van der Waals surface area contributed by atoms with Crippen LogP contribution in [0.2, 0.25) is 0 Å². The van der Waals surface area contributed by atoms with Crippen molar-refractivity contribution >= 4 is 37.5 Å². The molecule has 1 aromatic carbocycles. The van der Waals surface area contributed by atoms with E-state index in [-0.39, 0.29) is 6.04 Å². The first-order chi connectivity index (χ1) is 9.02. The van der Waals surface area contributed by atoms with Gasteiger partial charge in [0.05, 0.1) is 10.5 Å². The minimum Gasteiger partial charge on any atom is -0.451 e. The van der Waals surface area contributed by atoms with E-state index in [0.29, 0.717) is 11.2 Å². The highest BCUT2D eigenvalue weighted by molar-refractivity contribution is 9.13. The Labute approximate surface area is 130 Å². The molecule has 0 amide bonds. The fourth-order valence-electron chi connectivity index (χ4n) is 1.95. The van der Waals surface area contributed by atoms with Gasteiger partial charge in [-0.05, 0) is 57.0 Å². The topological polar surface area (TPSA) is 42.4 Å². The number of hydrogen-bond acceptors (Lipinski definition) is 3. The number of furan rings is 1. The molecule has 1 aromatic heterocycles. The van der Waals surface area contributed by atoms with Crippen molar-refractivity contribution in [2.24, 2.45) is 5.73 Å². The zero-order valence-electron chi connectivity index (χ0n) is 10.9. The molecule has 102 valence electrons. The second-order valence-corrected chi connectivity index (χ2v) is 6.04. The molecule has 1 unspecified atom stereocenters. The molecule has 0 bridgehead atoms. The van der Waals surface area contributed by atoms with E-state index in [1.54, 1.807) is 0 Å². The van der Waals surface area contributed by atoms with Crippen molar-refractivity contribution in [3.63, 3.8) is 0 Å². The lowest BCUT2D eigenvalue weighted by Crippen LogP contribution is -2.30. The molecule has 19 heavy (non-hydrogen) atoms. The number of anilines is 1. The number of hydrogen-bond donors (Lipinski definition) is 1. The van der Waals surface area contributed by atoms with Crippen molar-refractivity contribution in [1.29, 1.82) is 0 Å². The summed E-state index contributed by atoms with van der Waals surface area (Å²) in [5, 5.41) is 0. The van der Waals surface area contributed by atoms with Gasteiger partial charge >= 0.3 is 0 Å². The van der Waals surface area contributed by atoms with Gasteiger partial charge in [0.15, 0.2) is 4.67 Å². The summed E-state index contributed by atoms with van der Waals surface area (Å²) in [6, 6.07) is 10.3. The predicted octanol–water partition coefficient (Wildman–Crippen LogP) is 4.25. The fraction of sp³-hybridized carbons (Fsp3) is 0.286. The van der Waals surface area contributed by atoms with Crippen molar-refractivity contribution in [1.82, 2.24) is 0 Å². The molecule has 0 fully saturated rings. The highest BCUT2D eigenvalue weighted by Gasteiger charge is 2.21. The zero-order chi connectivity index (χ0) is 14.0. The van der Waals surface area contributed by atoms with Gasteiger partial charge in [0.1, 0.15) is 5.76 Å². The molecule has 0 aliphatic rings. The lowest BCUT2D eigenvalue weighted by molar-refractivity contribution is 0.443. The Morgan fingerprint density at radius 3 is 2.37 bits per heavy atom. The van der Waals surface area contributed by atoms with Gasteiger partial charge < -0.3 is 15.1 Å². The van der Waals surface area contributed by atoms with Crippen LogP contribution in [0.25, 0.3) is 0 Å². The first kappa shape index (κ1) is 14.6. The van der Waals surface area contributed by atoms with Crippen LogP contribution in [0.4, 0.5) is 5.69 Å². The Kier molecular flexibility index (Phi) is 4.71. The molecule has 0 aliphatic carbocycles. The Hall–Kier alpha value is -0.780. The summed E-state index contributed by atoms with van der Waals surface area (Å²) in [5.41, 5.74) is 8.26. The van der Waals surface area contributed by atoms with Crippen LogP contribution in [0.5, 0.6) is 0 Å². The van der Waals surface area contributed by atoms with Crippen LogP contribution in [0, 0.1) is 6.92 Å². The smallest absolute Gasteiger partial charge is 0.183 e. The molecule has 0 radical (unpaired) electrons. The van der Waals surface area contributed by atoms with Crippen LogP contribution in [0.3, 0.4) is 0 Å². The third-order valence-corrected chi connectivity index (χ3v) is 4.83. The maximum absolute atomic E-state index is 5.90. The van der Waals surface area contributed by atoms with Gasteiger partial charge in [0, 0.05) is 19.3 Å². The van der Waals surface area contributed by atoms with Gasteiger partial charge in [-0.3, -0.25) is 0 Å². The number of nitrogens with two attached hydrogens (primary N) is 1. The van der Waals surface area contributed by atoms with E-state index in [1.807, 2.05) is 13.1 Å². The van der Waals surface area contributed by atoms with Crippen molar-refractivity contribution < 1.29 is 4.42 Å². The summed E-state index contributed by atoms with van der Waals surface area (Å²) in [5.74, 6) is 0.837. The van der Waals surface area contributed by atoms with Crippen molar-refractivity contribution in [2.45, 2.75) is 13.0 Å². The lowest BCUT2D eigenvalue weighted by atomic mass is 10.1. The third kappa shape index (κ3) is 3.22. The number of halogens is 2. The molecule has 0 saturated heterocycles. The van der Waals surface area contributed by atoms with E-state index in [9.17, 15) is 0 Å². The Bertz CT molecular complexity index is 532. The number of benzene rings is 1. The standard InChI is InChI=1S/C14H16Br2N2O/c1-9-3-5-10(6-4-9)18(2)12(8-17)13-7-11(15)14(16)19-13/h3-7,12H,8,17H2,1-2H3. The summed E-state index contributed by atoms with van der Waals surface area (Å²) >= 11 is 6.78. The molecule has 1 atom stereocenters. The van der Waals surface area contributed by atoms with Crippen LogP contribution in [0.15, 0.2) is 43.9 Å². The largest absolute Gasteiger partial charge is 0.451 e. The highest BCUT2D eigenvalue weighted by atomic mass is 79.9. The average molecular weight is 388 g/mol. The summed E-state index contributed by atoms with van der Waals surface area (Å²) in [4.78, 5) is 2.12. The number of rotatable bonds is 4. The molecular formula is C14H16Br2N2O. The molecule has 5 heteroatoms. The number of nitrogens with zero attached hydrogens (tertiary/aromatic N) is 1. The SMILES string of the molecule is Cc1ccc(N(C)C(CN)c2cc(Br)c(Br)o2)cc1. The zero-order valence-corrected chi connectivity index (χ0v) is 14.0. The monoisotopic (exact) mass is 386 g/mol. The van der Waals surface area contributed by atoms with Gasteiger partial charge in [0.2, 0.25) is 0 Å². The van der Waals surface area contributed by atoms with Gasteiger partial charge in [-0.25, -0.2) is 0 Å². The van der Waals surface area contributed by atoms with Crippen LogP contribution < -0.4 is 10.6 Å². The van der Waals surface area contributed by atoms with Crippen molar-refractivity contribution in [3.05, 3.63) is 50.8 Å². The normalized spacial score (nSPS) is 12.5. The van der Waals surface area contributed by atoms with Gasteiger partial charge in [0.25, 0.3) is 0 Å². The average Bonchev–Trinajstić information content (AvgIpc) is 2.71. The van der Waals surface area contributed by atoms with E-state index < -0.39 is 0 Å². The van der Waals surface area contributed by atoms with E-state index in [0.717, 1.165) is 15.9 Å². The molecule has 2 aromatic rings. The van der Waals surface area contributed by atoms with E-state index in [2.05, 4.69) is 67.9 Å². The molecular weight excluding hydrogens is 372 g/mol. The first-order valence-electron chi connectivity index (χ1n) is 5.97. The quantitative estimate of drug-likeness (QED) is 0.852. The minimum absolute atomic E-state index is 0.00491. The minimum atomic E-state index is 0.00491. The predicted molar refractivity (Wildman–Crippen MR) is 85.5 cm³/mol. The van der Waals surface area contributed by atoms with E-state index >= 15 is 0 Å². The van der Waals surface area contributed by atoms with Crippen LogP contribution in [0.1, 0.15) is 17.4 Å². The van der Waals surface area contributed by atoms with Gasteiger partial charge in [-0.1, -0.05) is 17.7 Å². The molecule has 2 N–H and O–H groups in total. The molecule has 0 aliphatic heterocycles. The number of likely N-dealkylation sites (N-methyl/N-ethyl adjacent to an activating group) is 1. The molecule has 0 spiro atoms. The first-order valence-corrected chi connectivity index (χ1v) is 7.56. The van der Waals surface area contributed by atoms with Gasteiger partial charge in [-0.2, -0.15) is 0 Å². The summed E-state index contributed by atoms with van der Waals surface area (Å²) in [6.07, 6.45) is 0. The maximum Gasteiger partial charge on any atom is 0.183 e. The second kappa shape index (κ2) is 6.11. The Morgan fingerprint density at radius 2 is 1.89 bits per heavy atom. The van der Waals surface area contributed by atoms with Crippen molar-refractivity contribution in [3.8, 4) is 0 Å². The molecule has 2 rings (SSSR count). The molecule has 0 saturated carbocycles. The van der Waals surface area contributed by atoms with Gasteiger partial charge in [-0.15, -0.1) is 0 Å². The third-order valence-electron chi connectivity index (χ3n) is 3.12. The van der Waals surface area contributed by atoms with E-state index in [1.165, 1.54) is 5.56 Å². The Morgan fingerprint density at radius 1 is 1.26 bits per heavy atom. The van der Waals surface area contributed by atoms with Crippen LogP contribution in [-0.2, 0) is 0 Å².